The normalized spacial score (nSPS) is 17.4. The first-order chi connectivity index (χ1) is 9.40. The van der Waals surface area contributed by atoms with E-state index >= 15 is 0 Å². The van der Waals surface area contributed by atoms with Gasteiger partial charge >= 0.3 is 0 Å². The lowest BCUT2D eigenvalue weighted by Gasteiger charge is -2.42. The summed E-state index contributed by atoms with van der Waals surface area (Å²) in [6, 6.07) is 15.5. The Kier molecular flexibility index (Phi) is 3.67. The summed E-state index contributed by atoms with van der Waals surface area (Å²) in [5.74, 6) is 1.03. The smallest absolute Gasteiger partial charge is 0.125 e. The molecule has 0 amide bonds. The molecule has 0 radical (unpaired) electrons. The topological polar surface area (TPSA) is 28.4 Å². The molecular formula is C16H20N2O. The Balaban J connectivity index is 1.96. The van der Waals surface area contributed by atoms with Gasteiger partial charge in [-0.15, -0.1) is 0 Å². The Labute approximate surface area is 114 Å². The van der Waals surface area contributed by atoms with E-state index in [2.05, 4.69) is 53.5 Å². The molecular weight excluding hydrogens is 236 g/mol. The van der Waals surface area contributed by atoms with Crippen LogP contribution < -0.4 is 5.32 Å². The molecule has 3 rings (SSSR count). The maximum Gasteiger partial charge on any atom is 0.125 e. The van der Waals surface area contributed by atoms with Gasteiger partial charge in [-0.1, -0.05) is 37.3 Å². The van der Waals surface area contributed by atoms with Gasteiger partial charge in [-0.25, -0.2) is 0 Å². The van der Waals surface area contributed by atoms with E-state index in [-0.39, 0.29) is 6.04 Å². The first-order valence-electron chi connectivity index (χ1n) is 6.95. The molecule has 1 aromatic heterocycles. The number of hydrogen-bond donors (Lipinski definition) is 1. The van der Waals surface area contributed by atoms with Crippen LogP contribution in [0.5, 0.6) is 0 Å². The predicted molar refractivity (Wildman–Crippen MR) is 76.0 cm³/mol. The molecule has 1 aliphatic heterocycles. The van der Waals surface area contributed by atoms with Crippen molar-refractivity contribution < 1.29 is 4.42 Å². The Morgan fingerprint density at radius 2 is 2.00 bits per heavy atom. The van der Waals surface area contributed by atoms with E-state index in [1.807, 2.05) is 6.07 Å². The number of furan rings is 1. The third kappa shape index (κ3) is 2.44. The highest BCUT2D eigenvalue weighted by Crippen LogP contribution is 2.31. The summed E-state index contributed by atoms with van der Waals surface area (Å²) in [5.41, 5.74) is 1.30. The Hall–Kier alpha value is -1.58. The Morgan fingerprint density at radius 1 is 1.21 bits per heavy atom. The maximum atomic E-state index is 5.69. The molecule has 19 heavy (non-hydrogen) atoms. The van der Waals surface area contributed by atoms with Crippen molar-refractivity contribution in [3.8, 4) is 0 Å². The summed E-state index contributed by atoms with van der Waals surface area (Å²) in [4.78, 5) is 2.52. The van der Waals surface area contributed by atoms with Crippen LogP contribution in [-0.2, 0) is 0 Å². The standard InChI is InChI=1S/C16H20N2O/c1-2-18(14-11-17-12-14)16(15-9-6-10-19-15)13-7-4-3-5-8-13/h3-10,14,16-17H,2,11-12H2,1H3. The van der Waals surface area contributed by atoms with Crippen LogP contribution in [0.1, 0.15) is 24.3 Å². The van der Waals surface area contributed by atoms with Gasteiger partial charge in [0.25, 0.3) is 0 Å². The minimum Gasteiger partial charge on any atom is -0.467 e. The van der Waals surface area contributed by atoms with Crippen molar-refractivity contribution in [1.82, 2.24) is 10.2 Å². The van der Waals surface area contributed by atoms with Crippen molar-refractivity contribution in [2.75, 3.05) is 19.6 Å². The third-order valence-corrected chi connectivity index (χ3v) is 3.85. The number of nitrogens with one attached hydrogen (secondary N) is 1. The van der Waals surface area contributed by atoms with Crippen molar-refractivity contribution >= 4 is 0 Å². The van der Waals surface area contributed by atoms with Gasteiger partial charge in [0.1, 0.15) is 5.76 Å². The summed E-state index contributed by atoms with van der Waals surface area (Å²) in [5, 5.41) is 3.36. The zero-order valence-corrected chi connectivity index (χ0v) is 11.3. The van der Waals surface area contributed by atoms with E-state index in [1.54, 1.807) is 6.26 Å². The van der Waals surface area contributed by atoms with Crippen LogP contribution >= 0.6 is 0 Å². The zero-order valence-electron chi connectivity index (χ0n) is 11.3. The van der Waals surface area contributed by atoms with Crippen LogP contribution in [-0.4, -0.2) is 30.6 Å². The molecule has 2 aromatic rings. The highest BCUT2D eigenvalue weighted by molar-refractivity contribution is 5.27. The van der Waals surface area contributed by atoms with Gasteiger partial charge in [-0.3, -0.25) is 4.90 Å². The molecule has 1 atom stereocenters. The van der Waals surface area contributed by atoms with Gasteiger partial charge < -0.3 is 9.73 Å². The number of nitrogens with zero attached hydrogens (tertiary/aromatic N) is 1. The van der Waals surface area contributed by atoms with Crippen LogP contribution in [0.2, 0.25) is 0 Å². The summed E-state index contributed by atoms with van der Waals surface area (Å²) in [6.45, 7) is 5.37. The monoisotopic (exact) mass is 256 g/mol. The van der Waals surface area contributed by atoms with Crippen molar-refractivity contribution in [3.05, 3.63) is 60.1 Å². The Morgan fingerprint density at radius 3 is 2.53 bits per heavy atom. The fraction of sp³-hybridized carbons (Fsp3) is 0.375. The van der Waals surface area contributed by atoms with Crippen LogP contribution in [0.4, 0.5) is 0 Å². The lowest BCUT2D eigenvalue weighted by atomic mass is 9.99. The third-order valence-electron chi connectivity index (χ3n) is 3.85. The molecule has 1 unspecified atom stereocenters. The predicted octanol–water partition coefficient (Wildman–Crippen LogP) is 2.66. The minimum absolute atomic E-state index is 0.216. The highest BCUT2D eigenvalue weighted by Gasteiger charge is 2.32. The summed E-state index contributed by atoms with van der Waals surface area (Å²) in [7, 11) is 0. The quantitative estimate of drug-likeness (QED) is 0.891. The molecule has 1 N–H and O–H groups in total. The molecule has 1 aromatic carbocycles. The zero-order chi connectivity index (χ0) is 13.1. The van der Waals surface area contributed by atoms with Crippen molar-refractivity contribution in [2.45, 2.75) is 19.0 Å². The van der Waals surface area contributed by atoms with Crippen LogP contribution in [0.3, 0.4) is 0 Å². The van der Waals surface area contributed by atoms with Crippen LogP contribution in [0, 0.1) is 0 Å². The van der Waals surface area contributed by atoms with Gasteiger partial charge in [0, 0.05) is 19.1 Å². The fourth-order valence-corrected chi connectivity index (χ4v) is 2.76. The number of rotatable bonds is 5. The van der Waals surface area contributed by atoms with E-state index in [1.165, 1.54) is 5.56 Å². The summed E-state index contributed by atoms with van der Waals surface area (Å²) >= 11 is 0. The summed E-state index contributed by atoms with van der Waals surface area (Å²) in [6.07, 6.45) is 1.76. The molecule has 3 heteroatoms. The van der Waals surface area contributed by atoms with E-state index in [4.69, 9.17) is 4.42 Å². The second-order valence-corrected chi connectivity index (χ2v) is 4.97. The lowest BCUT2D eigenvalue weighted by molar-refractivity contribution is 0.108. The van der Waals surface area contributed by atoms with Gasteiger partial charge in [0.15, 0.2) is 0 Å². The van der Waals surface area contributed by atoms with E-state index in [9.17, 15) is 0 Å². The van der Waals surface area contributed by atoms with Crippen LogP contribution in [0.15, 0.2) is 53.1 Å². The average molecular weight is 256 g/mol. The van der Waals surface area contributed by atoms with E-state index in [0.717, 1.165) is 25.4 Å². The van der Waals surface area contributed by atoms with Crippen molar-refractivity contribution in [1.29, 1.82) is 0 Å². The molecule has 0 bridgehead atoms. The second kappa shape index (κ2) is 5.59. The minimum atomic E-state index is 0.216. The molecule has 0 aliphatic carbocycles. The maximum absolute atomic E-state index is 5.69. The molecule has 1 aliphatic rings. The molecule has 100 valence electrons. The molecule has 0 spiro atoms. The largest absolute Gasteiger partial charge is 0.467 e. The highest BCUT2D eigenvalue weighted by atomic mass is 16.3. The average Bonchev–Trinajstić information content (AvgIpc) is 2.91. The molecule has 1 saturated heterocycles. The summed E-state index contributed by atoms with van der Waals surface area (Å²) < 4.78 is 5.69. The molecule has 1 fully saturated rings. The van der Waals surface area contributed by atoms with Gasteiger partial charge in [0.05, 0.1) is 12.3 Å². The van der Waals surface area contributed by atoms with E-state index in [0.29, 0.717) is 6.04 Å². The molecule has 2 heterocycles. The van der Waals surface area contributed by atoms with Gasteiger partial charge in [-0.05, 0) is 24.2 Å². The number of benzene rings is 1. The van der Waals surface area contributed by atoms with Gasteiger partial charge in [0.2, 0.25) is 0 Å². The van der Waals surface area contributed by atoms with E-state index < -0.39 is 0 Å². The molecule has 3 nitrogen and oxygen atoms in total. The number of hydrogen-bond acceptors (Lipinski definition) is 3. The van der Waals surface area contributed by atoms with Crippen molar-refractivity contribution in [2.24, 2.45) is 0 Å². The van der Waals surface area contributed by atoms with Gasteiger partial charge in [-0.2, -0.15) is 0 Å². The van der Waals surface area contributed by atoms with Crippen molar-refractivity contribution in [3.63, 3.8) is 0 Å². The Bertz CT molecular complexity index is 491. The SMILES string of the molecule is CCN(C1CNC1)C(c1ccccc1)c1ccco1. The van der Waals surface area contributed by atoms with Crippen LogP contribution in [0.25, 0.3) is 0 Å². The fourth-order valence-electron chi connectivity index (χ4n) is 2.76. The molecule has 0 saturated carbocycles. The second-order valence-electron chi connectivity index (χ2n) is 4.97. The first-order valence-corrected chi connectivity index (χ1v) is 6.95. The first kappa shape index (κ1) is 12.5. The lowest BCUT2D eigenvalue weighted by Crippen LogP contribution is -2.58. The number of likely N-dealkylation sites (N-methyl/N-ethyl adjacent to an activating group) is 1.